The second-order valence-corrected chi connectivity index (χ2v) is 7.74. The van der Waals surface area contributed by atoms with Crippen molar-refractivity contribution < 1.29 is 4.92 Å². The summed E-state index contributed by atoms with van der Waals surface area (Å²) in [7, 11) is 0. The summed E-state index contributed by atoms with van der Waals surface area (Å²) < 4.78 is 1.62. The van der Waals surface area contributed by atoms with Crippen LogP contribution in [0.25, 0.3) is 39.0 Å². The first kappa shape index (κ1) is 21.3. The van der Waals surface area contributed by atoms with E-state index in [-0.39, 0.29) is 10.6 Å². The summed E-state index contributed by atoms with van der Waals surface area (Å²) in [4.78, 5) is 11.3. The van der Waals surface area contributed by atoms with Gasteiger partial charge in [-0.2, -0.15) is 5.10 Å². The van der Waals surface area contributed by atoms with Crippen molar-refractivity contribution in [3.63, 3.8) is 0 Å². The van der Waals surface area contributed by atoms with Crippen LogP contribution in [0.2, 0.25) is 5.02 Å². The molecule has 0 N–H and O–H groups in total. The number of fused-ring (bicyclic) bond motifs is 2. The van der Waals surface area contributed by atoms with Crippen LogP contribution in [0.4, 0.5) is 5.69 Å². The van der Waals surface area contributed by atoms with Gasteiger partial charge in [0.1, 0.15) is 0 Å². The predicted octanol–water partition coefficient (Wildman–Crippen LogP) is 7.52. The minimum atomic E-state index is -0.379. The fourth-order valence-electron chi connectivity index (χ4n) is 3.71. The molecular formula is C26H20ClN3O2. The molecule has 158 valence electrons. The lowest BCUT2D eigenvalue weighted by Gasteiger charge is -2.07. The molecule has 4 aromatic rings. The summed E-state index contributed by atoms with van der Waals surface area (Å²) in [5.74, 6) is 0. The molecule has 5 nitrogen and oxygen atoms in total. The minimum Gasteiger partial charge on any atom is -0.258 e. The molecule has 1 aromatic heterocycles. The van der Waals surface area contributed by atoms with Crippen molar-refractivity contribution in [3.05, 3.63) is 112 Å². The molecule has 0 saturated carbocycles. The molecule has 0 amide bonds. The minimum absolute atomic E-state index is 0.0205. The van der Waals surface area contributed by atoms with Crippen molar-refractivity contribution in [2.24, 2.45) is 0 Å². The number of benzene rings is 3. The number of allylic oxidation sites excluding steroid dienone is 5. The SMILES string of the molecule is C=CC(=C)n1ncc2c(/C(C)=C/C=C\c3cc4ccccc4cc3Cl)c([N+](=O)[O-])ccc21. The van der Waals surface area contributed by atoms with E-state index >= 15 is 0 Å². The van der Waals surface area contributed by atoms with Crippen molar-refractivity contribution in [2.45, 2.75) is 6.92 Å². The molecule has 0 aliphatic carbocycles. The van der Waals surface area contributed by atoms with Gasteiger partial charge in [-0.3, -0.25) is 10.1 Å². The number of aromatic nitrogens is 2. The monoisotopic (exact) mass is 441 g/mol. The molecule has 4 rings (SSSR count). The highest BCUT2D eigenvalue weighted by Gasteiger charge is 2.20. The summed E-state index contributed by atoms with van der Waals surface area (Å²) >= 11 is 6.44. The Labute approximate surface area is 190 Å². The smallest absolute Gasteiger partial charge is 0.258 e. The lowest BCUT2D eigenvalue weighted by Crippen LogP contribution is -1.97. The van der Waals surface area contributed by atoms with Gasteiger partial charge in [-0.15, -0.1) is 0 Å². The Morgan fingerprint density at radius 3 is 2.59 bits per heavy atom. The van der Waals surface area contributed by atoms with Gasteiger partial charge >= 0.3 is 0 Å². The zero-order valence-electron chi connectivity index (χ0n) is 17.5. The predicted molar refractivity (Wildman–Crippen MR) is 134 cm³/mol. The summed E-state index contributed by atoms with van der Waals surface area (Å²) in [6.07, 6.45) is 8.79. The van der Waals surface area contributed by atoms with Gasteiger partial charge in [-0.05, 0) is 53.1 Å². The molecule has 0 atom stereocenters. The van der Waals surface area contributed by atoms with Gasteiger partial charge in [0.15, 0.2) is 0 Å². The van der Waals surface area contributed by atoms with Crippen LogP contribution in [0.3, 0.4) is 0 Å². The summed E-state index contributed by atoms with van der Waals surface area (Å²) in [5.41, 5.74) is 3.46. The van der Waals surface area contributed by atoms with Crippen LogP contribution < -0.4 is 0 Å². The molecule has 1 heterocycles. The maximum Gasteiger partial charge on any atom is 0.277 e. The lowest BCUT2D eigenvalue weighted by molar-refractivity contribution is -0.385. The van der Waals surface area contributed by atoms with Crippen molar-refractivity contribution >= 4 is 56.3 Å². The second kappa shape index (κ2) is 8.65. The largest absolute Gasteiger partial charge is 0.277 e. The first-order valence-corrected chi connectivity index (χ1v) is 10.3. The average molecular weight is 442 g/mol. The number of rotatable bonds is 6. The maximum atomic E-state index is 11.7. The van der Waals surface area contributed by atoms with Crippen molar-refractivity contribution in [3.8, 4) is 0 Å². The molecule has 3 aromatic carbocycles. The highest BCUT2D eigenvalue weighted by Crippen LogP contribution is 2.34. The molecule has 0 saturated heterocycles. The molecule has 0 aliphatic heterocycles. The Morgan fingerprint density at radius 2 is 1.91 bits per heavy atom. The summed E-state index contributed by atoms with van der Waals surface area (Å²) in [6.45, 7) is 9.48. The van der Waals surface area contributed by atoms with E-state index in [1.165, 1.54) is 6.07 Å². The van der Waals surface area contributed by atoms with Gasteiger partial charge in [0.05, 0.1) is 27.9 Å². The third kappa shape index (κ3) is 3.86. The van der Waals surface area contributed by atoms with Gasteiger partial charge in [-0.1, -0.05) is 67.3 Å². The molecule has 0 fully saturated rings. The topological polar surface area (TPSA) is 61.0 Å². The zero-order valence-corrected chi connectivity index (χ0v) is 18.2. The molecule has 0 spiro atoms. The quantitative estimate of drug-likeness (QED) is 0.176. The maximum absolute atomic E-state index is 11.7. The standard InChI is InChI=1S/C26H20ClN3O2/c1-4-18(3)29-24-12-13-25(30(31)32)26(22(24)16-28-29)17(2)8-7-11-21-14-19-9-5-6-10-20(19)15-23(21)27/h4-16H,1,3H2,2H3/b11-7-,17-8+. The molecule has 6 heteroatoms. The first-order valence-electron chi connectivity index (χ1n) is 9.91. The lowest BCUT2D eigenvalue weighted by atomic mass is 10.00. The molecule has 32 heavy (non-hydrogen) atoms. The van der Waals surface area contributed by atoms with Crippen LogP contribution in [-0.4, -0.2) is 14.7 Å². The number of nitrogens with zero attached hydrogens (tertiary/aromatic N) is 3. The van der Waals surface area contributed by atoms with Gasteiger partial charge in [0.25, 0.3) is 5.69 Å². The molecule has 0 aliphatic rings. The van der Waals surface area contributed by atoms with E-state index in [4.69, 9.17) is 11.6 Å². The second-order valence-electron chi connectivity index (χ2n) is 7.33. The van der Waals surface area contributed by atoms with Crippen molar-refractivity contribution in [1.82, 2.24) is 9.78 Å². The van der Waals surface area contributed by atoms with Gasteiger partial charge in [0.2, 0.25) is 0 Å². The number of halogens is 1. The van der Waals surface area contributed by atoms with Gasteiger partial charge < -0.3 is 0 Å². The van der Waals surface area contributed by atoms with Crippen molar-refractivity contribution in [1.29, 1.82) is 0 Å². The van der Waals surface area contributed by atoms with E-state index in [9.17, 15) is 10.1 Å². The Hall–Kier alpha value is -3.96. The fraction of sp³-hybridized carbons (Fsp3) is 0.0385. The van der Waals surface area contributed by atoms with E-state index in [2.05, 4.69) is 18.3 Å². The number of hydrogen-bond donors (Lipinski definition) is 0. The molecule has 0 bridgehead atoms. The Kier molecular flexibility index (Phi) is 5.75. The van der Waals surface area contributed by atoms with Crippen LogP contribution >= 0.6 is 11.6 Å². The number of hydrogen-bond acceptors (Lipinski definition) is 3. The first-order chi connectivity index (χ1) is 15.4. The third-order valence-corrected chi connectivity index (χ3v) is 5.64. The Bertz CT molecular complexity index is 1460. The van der Waals surface area contributed by atoms with E-state index in [0.29, 0.717) is 21.7 Å². The van der Waals surface area contributed by atoms with Gasteiger partial charge in [-0.25, -0.2) is 4.68 Å². The van der Waals surface area contributed by atoms with Crippen LogP contribution in [0.15, 0.2) is 86.1 Å². The Morgan fingerprint density at radius 1 is 1.19 bits per heavy atom. The van der Waals surface area contributed by atoms with Crippen LogP contribution in [-0.2, 0) is 0 Å². The summed E-state index contributed by atoms with van der Waals surface area (Å²) in [5, 5.41) is 19.5. The average Bonchev–Trinajstić information content (AvgIpc) is 3.22. The number of nitro groups is 1. The summed E-state index contributed by atoms with van der Waals surface area (Å²) in [6, 6.07) is 15.1. The molecule has 0 unspecified atom stereocenters. The van der Waals surface area contributed by atoms with E-state index in [1.807, 2.05) is 61.5 Å². The number of nitro benzene ring substituents is 1. The van der Waals surface area contributed by atoms with E-state index in [1.54, 1.807) is 23.0 Å². The van der Waals surface area contributed by atoms with Crippen LogP contribution in [0, 0.1) is 10.1 Å². The van der Waals surface area contributed by atoms with Gasteiger partial charge in [0, 0.05) is 16.5 Å². The van der Waals surface area contributed by atoms with Crippen LogP contribution in [0.5, 0.6) is 0 Å². The van der Waals surface area contributed by atoms with Crippen LogP contribution in [0.1, 0.15) is 18.1 Å². The molecule has 0 radical (unpaired) electrons. The third-order valence-electron chi connectivity index (χ3n) is 5.32. The van der Waals surface area contributed by atoms with Crippen molar-refractivity contribution in [2.75, 3.05) is 0 Å². The normalized spacial score (nSPS) is 12.0. The highest BCUT2D eigenvalue weighted by atomic mass is 35.5. The van der Waals surface area contributed by atoms with E-state index < -0.39 is 0 Å². The zero-order chi connectivity index (χ0) is 22.8. The van der Waals surface area contributed by atoms with E-state index in [0.717, 1.165) is 27.4 Å². The molecular weight excluding hydrogens is 422 g/mol. The highest BCUT2D eigenvalue weighted by molar-refractivity contribution is 6.32. The Balaban J connectivity index is 1.78. The fourth-order valence-corrected chi connectivity index (χ4v) is 3.94.